The largest absolute Gasteiger partial charge is 0.494 e. The number of aromatic nitrogens is 2. The van der Waals surface area contributed by atoms with E-state index in [1.807, 2.05) is 0 Å². The number of aryl methyl sites for hydroxylation is 1. The van der Waals surface area contributed by atoms with Crippen LogP contribution >= 0.6 is 0 Å². The maximum absolute atomic E-state index is 14.1. The van der Waals surface area contributed by atoms with Crippen LogP contribution in [0.4, 0.5) is 8.78 Å². The smallest absolute Gasteiger partial charge is 0.359 e. The Labute approximate surface area is 132 Å². The third-order valence-electron chi connectivity index (χ3n) is 3.16. The molecule has 2 rings (SSSR count). The number of halogens is 2. The second-order valence-electron chi connectivity index (χ2n) is 4.88. The van der Waals surface area contributed by atoms with Gasteiger partial charge in [-0.2, -0.15) is 5.10 Å². The average molecular weight is 324 g/mol. The highest BCUT2D eigenvalue weighted by atomic mass is 19.1. The van der Waals surface area contributed by atoms with E-state index in [9.17, 15) is 13.6 Å². The molecule has 0 aliphatic rings. The number of rotatable bonds is 6. The average Bonchev–Trinajstić information content (AvgIpc) is 2.84. The summed E-state index contributed by atoms with van der Waals surface area (Å²) in [6, 6.07) is 2.26. The van der Waals surface area contributed by atoms with Gasteiger partial charge in [-0.1, -0.05) is 0 Å². The summed E-state index contributed by atoms with van der Waals surface area (Å²) in [6.45, 7) is 5.51. The van der Waals surface area contributed by atoms with E-state index in [1.54, 1.807) is 27.0 Å². The van der Waals surface area contributed by atoms with Crippen LogP contribution in [-0.4, -0.2) is 29.0 Å². The van der Waals surface area contributed by atoms with E-state index < -0.39 is 17.6 Å². The van der Waals surface area contributed by atoms with Crippen molar-refractivity contribution in [3.63, 3.8) is 0 Å². The summed E-state index contributed by atoms with van der Waals surface area (Å²) in [6.07, 6.45) is 1.54. The summed E-state index contributed by atoms with van der Waals surface area (Å²) in [5.74, 6) is -1.87. The van der Waals surface area contributed by atoms with Gasteiger partial charge < -0.3 is 9.47 Å². The molecule has 0 atom stereocenters. The number of hydrogen-bond donors (Lipinski definition) is 0. The van der Waals surface area contributed by atoms with E-state index in [1.165, 1.54) is 4.68 Å². The molecule has 0 unspecified atom stereocenters. The normalized spacial score (nSPS) is 10.7. The van der Waals surface area contributed by atoms with Crippen LogP contribution in [0.3, 0.4) is 0 Å². The molecular weight excluding hydrogens is 306 g/mol. The summed E-state index contributed by atoms with van der Waals surface area (Å²) < 4.78 is 39.4. The molecule has 5 nitrogen and oxygen atoms in total. The van der Waals surface area contributed by atoms with Gasteiger partial charge in [-0.15, -0.1) is 0 Å². The molecule has 0 aliphatic heterocycles. The fourth-order valence-corrected chi connectivity index (χ4v) is 2.15. The molecule has 0 spiro atoms. The number of hydrogen-bond acceptors (Lipinski definition) is 4. The second kappa shape index (κ2) is 7.21. The highest BCUT2D eigenvalue weighted by molar-refractivity contribution is 5.88. The Morgan fingerprint density at radius 2 is 1.87 bits per heavy atom. The standard InChI is InChI=1S/C16H18F2N2O3/c1-4-22-11-6-13(17)12(14(18)7-11)9-20-8-10(3)15(19-20)16(21)23-5-2/h6-8H,4-5,9H2,1-3H3. The first kappa shape index (κ1) is 16.9. The molecule has 23 heavy (non-hydrogen) atoms. The van der Waals surface area contributed by atoms with Gasteiger partial charge in [-0.3, -0.25) is 4.68 Å². The van der Waals surface area contributed by atoms with Gasteiger partial charge in [-0.05, 0) is 20.8 Å². The highest BCUT2D eigenvalue weighted by Crippen LogP contribution is 2.22. The van der Waals surface area contributed by atoms with E-state index in [0.717, 1.165) is 12.1 Å². The Balaban J connectivity index is 2.26. The third kappa shape index (κ3) is 3.85. The molecule has 0 N–H and O–H groups in total. The van der Waals surface area contributed by atoms with Crippen molar-refractivity contribution in [3.8, 4) is 5.75 Å². The molecule has 0 amide bonds. The maximum atomic E-state index is 14.1. The van der Waals surface area contributed by atoms with Crippen LogP contribution in [0.2, 0.25) is 0 Å². The zero-order chi connectivity index (χ0) is 17.0. The SMILES string of the molecule is CCOC(=O)c1nn(Cc2c(F)cc(OCC)cc2F)cc1C. The summed E-state index contributed by atoms with van der Waals surface area (Å²) in [5.41, 5.74) is 0.570. The van der Waals surface area contributed by atoms with Gasteiger partial charge in [0.25, 0.3) is 0 Å². The highest BCUT2D eigenvalue weighted by Gasteiger charge is 2.18. The lowest BCUT2D eigenvalue weighted by Crippen LogP contribution is -2.10. The molecule has 0 radical (unpaired) electrons. The summed E-state index contributed by atoms with van der Waals surface area (Å²) in [4.78, 5) is 11.7. The molecule has 2 aromatic rings. The Morgan fingerprint density at radius 1 is 1.22 bits per heavy atom. The summed E-state index contributed by atoms with van der Waals surface area (Å²) in [7, 11) is 0. The molecular formula is C16H18F2N2O3. The lowest BCUT2D eigenvalue weighted by atomic mass is 10.2. The van der Waals surface area contributed by atoms with Gasteiger partial charge in [0, 0.05) is 29.5 Å². The van der Waals surface area contributed by atoms with E-state index in [-0.39, 0.29) is 30.2 Å². The quantitative estimate of drug-likeness (QED) is 0.766. The topological polar surface area (TPSA) is 53.3 Å². The van der Waals surface area contributed by atoms with Crippen LogP contribution in [0.25, 0.3) is 0 Å². The van der Waals surface area contributed by atoms with Crippen LogP contribution in [0.5, 0.6) is 5.75 Å². The van der Waals surface area contributed by atoms with Crippen LogP contribution < -0.4 is 4.74 Å². The molecule has 0 saturated carbocycles. The second-order valence-corrected chi connectivity index (χ2v) is 4.88. The van der Waals surface area contributed by atoms with Gasteiger partial charge in [0.05, 0.1) is 19.8 Å². The minimum absolute atomic E-state index is 0.134. The lowest BCUT2D eigenvalue weighted by Gasteiger charge is -2.09. The van der Waals surface area contributed by atoms with Crippen molar-refractivity contribution in [1.82, 2.24) is 9.78 Å². The van der Waals surface area contributed by atoms with Gasteiger partial charge in [0.1, 0.15) is 17.4 Å². The Bertz CT molecular complexity index is 690. The summed E-state index contributed by atoms with van der Waals surface area (Å²) in [5, 5.41) is 4.04. The number of ether oxygens (including phenoxy) is 2. The number of esters is 1. The molecule has 1 aromatic heterocycles. The van der Waals surface area contributed by atoms with E-state index in [0.29, 0.717) is 12.2 Å². The molecule has 124 valence electrons. The number of nitrogens with zero attached hydrogens (tertiary/aromatic N) is 2. The van der Waals surface area contributed by atoms with Crippen LogP contribution in [0, 0.1) is 18.6 Å². The van der Waals surface area contributed by atoms with Crippen molar-refractivity contribution in [2.24, 2.45) is 0 Å². The van der Waals surface area contributed by atoms with Crippen molar-refractivity contribution in [3.05, 3.63) is 46.8 Å². The van der Waals surface area contributed by atoms with Gasteiger partial charge in [0.2, 0.25) is 0 Å². The first-order valence-corrected chi connectivity index (χ1v) is 7.28. The molecule has 1 heterocycles. The molecule has 7 heteroatoms. The minimum Gasteiger partial charge on any atom is -0.494 e. The van der Waals surface area contributed by atoms with Crippen molar-refractivity contribution in [2.75, 3.05) is 13.2 Å². The number of carbonyl (C=O) groups excluding carboxylic acids is 1. The number of carbonyl (C=O) groups is 1. The first-order valence-electron chi connectivity index (χ1n) is 7.28. The van der Waals surface area contributed by atoms with E-state index >= 15 is 0 Å². The minimum atomic E-state index is -0.723. The van der Waals surface area contributed by atoms with E-state index in [2.05, 4.69) is 5.10 Å². The van der Waals surface area contributed by atoms with Crippen molar-refractivity contribution < 1.29 is 23.0 Å². The van der Waals surface area contributed by atoms with Crippen molar-refractivity contribution >= 4 is 5.97 Å². The fourth-order valence-electron chi connectivity index (χ4n) is 2.15. The van der Waals surface area contributed by atoms with Crippen molar-refractivity contribution in [2.45, 2.75) is 27.3 Å². The maximum Gasteiger partial charge on any atom is 0.359 e. The van der Waals surface area contributed by atoms with Gasteiger partial charge in [0.15, 0.2) is 5.69 Å². The molecule has 0 aliphatic carbocycles. The Morgan fingerprint density at radius 3 is 2.43 bits per heavy atom. The monoisotopic (exact) mass is 324 g/mol. The molecule has 1 aromatic carbocycles. The lowest BCUT2D eigenvalue weighted by molar-refractivity contribution is 0.0517. The molecule has 0 fully saturated rings. The zero-order valence-corrected chi connectivity index (χ0v) is 13.2. The Kier molecular flexibility index (Phi) is 5.31. The van der Waals surface area contributed by atoms with E-state index in [4.69, 9.17) is 9.47 Å². The first-order chi connectivity index (χ1) is 11.0. The zero-order valence-electron chi connectivity index (χ0n) is 13.2. The molecule has 0 bridgehead atoms. The van der Waals surface area contributed by atoms with Crippen molar-refractivity contribution in [1.29, 1.82) is 0 Å². The number of benzene rings is 1. The van der Waals surface area contributed by atoms with Crippen LogP contribution in [0.15, 0.2) is 18.3 Å². The predicted molar refractivity (Wildman–Crippen MR) is 79.5 cm³/mol. The summed E-state index contributed by atoms with van der Waals surface area (Å²) >= 11 is 0. The van der Waals surface area contributed by atoms with Crippen LogP contribution in [-0.2, 0) is 11.3 Å². The molecule has 0 saturated heterocycles. The predicted octanol–water partition coefficient (Wildman–Crippen LogP) is 3.09. The van der Waals surface area contributed by atoms with Gasteiger partial charge in [-0.25, -0.2) is 13.6 Å². The fraction of sp³-hybridized carbons (Fsp3) is 0.375. The van der Waals surface area contributed by atoms with Crippen LogP contribution in [0.1, 0.15) is 35.5 Å². The Hall–Kier alpha value is -2.44. The van der Waals surface area contributed by atoms with Gasteiger partial charge >= 0.3 is 5.97 Å². The third-order valence-corrected chi connectivity index (χ3v) is 3.16.